The van der Waals surface area contributed by atoms with Crippen LogP contribution in [0.3, 0.4) is 0 Å². The summed E-state index contributed by atoms with van der Waals surface area (Å²) in [6.07, 6.45) is 5.20. The second-order valence-electron chi connectivity index (χ2n) is 14.7. The van der Waals surface area contributed by atoms with Crippen LogP contribution in [0.15, 0.2) is 134 Å². The van der Waals surface area contributed by atoms with Crippen molar-refractivity contribution < 1.29 is 25.8 Å². The van der Waals surface area contributed by atoms with Gasteiger partial charge in [-0.1, -0.05) is 110 Å². The van der Waals surface area contributed by atoms with Gasteiger partial charge in [0, 0.05) is 72.9 Å². The second kappa shape index (κ2) is 14.3. The minimum Gasteiger partial charge on any atom is -0.503 e. The molecule has 7 aromatic rings. The van der Waals surface area contributed by atoms with Gasteiger partial charge < -0.3 is 23.8 Å². The Morgan fingerprint density at radius 2 is 1.42 bits per heavy atom. The van der Waals surface area contributed by atoms with Gasteiger partial charge in [0.1, 0.15) is 0 Å². The largest absolute Gasteiger partial charge is 0.503 e. The minimum absolute atomic E-state index is 0. The van der Waals surface area contributed by atoms with Crippen molar-refractivity contribution in [1.29, 1.82) is 0 Å². The molecule has 10 rings (SSSR count). The Morgan fingerprint density at radius 1 is 0.709 bits per heavy atom. The summed E-state index contributed by atoms with van der Waals surface area (Å²) < 4.78 is 9.04. The van der Waals surface area contributed by atoms with Crippen LogP contribution < -0.4 is 24.8 Å². The van der Waals surface area contributed by atoms with E-state index < -0.39 is 0 Å². The van der Waals surface area contributed by atoms with Gasteiger partial charge in [-0.2, -0.15) is 6.07 Å². The maximum atomic E-state index is 6.59. The van der Waals surface area contributed by atoms with Crippen LogP contribution in [0.2, 0.25) is 0 Å². The van der Waals surface area contributed by atoms with Gasteiger partial charge in [-0.3, -0.25) is 4.98 Å². The Balaban J connectivity index is 0.00000397. The van der Waals surface area contributed by atoms with Crippen LogP contribution in [0.25, 0.3) is 22.6 Å². The summed E-state index contributed by atoms with van der Waals surface area (Å²) in [5, 5.41) is 0. The van der Waals surface area contributed by atoms with E-state index >= 15 is 0 Å². The number of aromatic nitrogens is 2. The Bertz CT molecular complexity index is 2530. The zero-order valence-corrected chi connectivity index (χ0v) is 33.3. The molecular formula is C47H39BN5OPt-3. The van der Waals surface area contributed by atoms with Crippen LogP contribution in [-0.4, -0.2) is 23.5 Å². The third-order valence-electron chi connectivity index (χ3n) is 11.1. The van der Waals surface area contributed by atoms with Crippen molar-refractivity contribution in [2.45, 2.75) is 39.0 Å². The van der Waals surface area contributed by atoms with E-state index in [1.54, 1.807) is 0 Å². The first-order chi connectivity index (χ1) is 26.5. The molecule has 0 unspecified atom stereocenters. The van der Waals surface area contributed by atoms with E-state index in [4.69, 9.17) is 9.72 Å². The molecule has 0 saturated heterocycles. The molecule has 274 valence electrons. The maximum absolute atomic E-state index is 6.59. The summed E-state index contributed by atoms with van der Waals surface area (Å²) in [4.78, 5) is 12.0. The fraction of sp³-hybridized carbons (Fsp3) is 0.149. The summed E-state index contributed by atoms with van der Waals surface area (Å²) in [5.41, 5.74) is 14.1. The molecule has 55 heavy (non-hydrogen) atoms. The number of imidazole rings is 1. The predicted molar refractivity (Wildman–Crippen MR) is 220 cm³/mol. The van der Waals surface area contributed by atoms with Crippen LogP contribution in [0.1, 0.15) is 42.9 Å². The predicted octanol–water partition coefficient (Wildman–Crippen LogP) is 10.3. The van der Waals surface area contributed by atoms with Gasteiger partial charge in [0.2, 0.25) is 0 Å². The minimum atomic E-state index is -0.0648. The standard InChI is InChI=1S/C47H39BN5O.Pt/c1-32(2)39-23-12-17-34-16-11-15-33-14-7-8-22-40(33)45-30-49-47-41-29-38(26-27-42(41)50(3)48(46(34)39)53(45)47)54-37-21-13-20-36(28-37)52-31-51(35-18-5-4-6-19-35)43-24-9-10-25-44(43)52;/h4-10,12-14,17-27,30-32H,11,15-16H2,1-3H3;/q-3;. The van der Waals surface area contributed by atoms with Gasteiger partial charge in [0.05, 0.1) is 0 Å². The van der Waals surface area contributed by atoms with Gasteiger partial charge >= 0.3 is 6.98 Å². The molecule has 8 heteroatoms. The molecular weight excluding hydrogens is 856 g/mol. The average molecular weight is 896 g/mol. The van der Waals surface area contributed by atoms with Crippen LogP contribution in [-0.2, 0) is 33.9 Å². The molecule has 0 saturated carbocycles. The van der Waals surface area contributed by atoms with E-state index in [2.05, 4.69) is 168 Å². The maximum Gasteiger partial charge on any atom is 0.399 e. The van der Waals surface area contributed by atoms with Crippen molar-refractivity contribution in [3.8, 4) is 34.1 Å². The Morgan fingerprint density at radius 3 is 2.25 bits per heavy atom. The number of aryl methyl sites for hydroxylation is 2. The number of hydrogen-bond donors (Lipinski definition) is 0. The van der Waals surface area contributed by atoms with Crippen molar-refractivity contribution in [3.63, 3.8) is 0 Å². The van der Waals surface area contributed by atoms with Gasteiger partial charge in [0.25, 0.3) is 0 Å². The Labute approximate surface area is 338 Å². The summed E-state index contributed by atoms with van der Waals surface area (Å²) in [5.74, 6) is 2.51. The van der Waals surface area contributed by atoms with Gasteiger partial charge in [-0.05, 0) is 78.6 Å². The number of hydrogen-bond acceptors (Lipinski definition) is 5. The summed E-state index contributed by atoms with van der Waals surface area (Å²) in [6.45, 7) is 6.66. The zero-order chi connectivity index (χ0) is 36.3. The molecule has 0 N–H and O–H groups in total. The SMILES string of the molecule is CC(C)c1cccc2c1B1N(C)c3ccc(Oc4[c-]c(N5[CH-]N(c6ccccc6)c6ccccc65)ccc4)[c-]c3-c3ncc(n31)-c1ccccc1CCC2.[Pt]. The molecule has 0 atom stereocenters. The van der Waals surface area contributed by atoms with E-state index in [-0.39, 0.29) is 28.0 Å². The first-order valence-corrected chi connectivity index (χ1v) is 18.9. The second-order valence-corrected chi connectivity index (χ2v) is 14.7. The van der Waals surface area contributed by atoms with Crippen molar-refractivity contribution in [1.82, 2.24) is 9.46 Å². The van der Waals surface area contributed by atoms with E-state index in [0.29, 0.717) is 17.4 Å². The van der Waals surface area contributed by atoms with Crippen molar-refractivity contribution in [2.75, 3.05) is 21.7 Å². The van der Waals surface area contributed by atoms with E-state index in [0.717, 1.165) is 64.8 Å². The number of fused-ring (bicyclic) bond motifs is 7. The molecule has 0 spiro atoms. The van der Waals surface area contributed by atoms with Crippen LogP contribution in [0, 0.1) is 18.8 Å². The number of benzene rings is 6. The van der Waals surface area contributed by atoms with Crippen LogP contribution in [0.5, 0.6) is 11.5 Å². The fourth-order valence-corrected chi connectivity index (χ4v) is 8.59. The molecule has 1 aromatic heterocycles. The molecule has 3 aliphatic rings. The molecule has 0 amide bonds. The first kappa shape index (κ1) is 35.2. The van der Waals surface area contributed by atoms with Crippen LogP contribution >= 0.6 is 0 Å². The van der Waals surface area contributed by atoms with Crippen LogP contribution in [0.4, 0.5) is 28.4 Å². The quantitative estimate of drug-likeness (QED) is 0.127. The third-order valence-corrected chi connectivity index (χ3v) is 11.1. The Hall–Kier alpha value is -5.52. The average Bonchev–Trinajstić information content (AvgIpc) is 3.82. The molecule has 0 fully saturated rings. The number of para-hydroxylation sites is 3. The van der Waals surface area contributed by atoms with E-state index in [1.807, 2.05) is 24.3 Å². The number of ether oxygens (including phenoxy) is 1. The molecule has 0 radical (unpaired) electrons. The normalized spacial score (nSPS) is 14.0. The Kier molecular flexibility index (Phi) is 9.14. The van der Waals surface area contributed by atoms with E-state index in [9.17, 15) is 0 Å². The van der Waals surface area contributed by atoms with Gasteiger partial charge in [-0.15, -0.1) is 36.6 Å². The van der Waals surface area contributed by atoms with Gasteiger partial charge in [-0.25, -0.2) is 0 Å². The van der Waals surface area contributed by atoms with Crippen molar-refractivity contribution in [2.24, 2.45) is 0 Å². The molecule has 6 nitrogen and oxygen atoms in total. The molecule has 4 heterocycles. The van der Waals surface area contributed by atoms with Crippen molar-refractivity contribution in [3.05, 3.63) is 169 Å². The summed E-state index contributed by atoms with van der Waals surface area (Å²) in [7, 11) is 2.21. The monoisotopic (exact) mass is 895 g/mol. The number of nitrogens with zero attached hydrogens (tertiary/aromatic N) is 5. The summed E-state index contributed by atoms with van der Waals surface area (Å²) in [6, 6.07) is 52.0. The van der Waals surface area contributed by atoms with Gasteiger partial charge in [0.15, 0.2) is 0 Å². The third kappa shape index (κ3) is 5.97. The topological polar surface area (TPSA) is 36.8 Å². The number of anilines is 5. The molecule has 3 aliphatic heterocycles. The fourth-order valence-electron chi connectivity index (χ4n) is 8.59. The first-order valence-electron chi connectivity index (χ1n) is 18.9. The molecule has 0 aliphatic carbocycles. The number of rotatable bonds is 5. The van der Waals surface area contributed by atoms with Crippen molar-refractivity contribution >= 4 is 40.9 Å². The summed E-state index contributed by atoms with van der Waals surface area (Å²) >= 11 is 0. The zero-order valence-electron chi connectivity index (χ0n) is 31.0. The molecule has 0 bridgehead atoms. The molecule has 6 aromatic carbocycles. The van der Waals surface area contributed by atoms with E-state index in [1.165, 1.54) is 27.7 Å². The smallest absolute Gasteiger partial charge is 0.399 e.